The molecule has 0 radical (unpaired) electrons. The zero-order chi connectivity index (χ0) is 15.6. The van der Waals surface area contributed by atoms with E-state index in [1.807, 2.05) is 18.2 Å². The summed E-state index contributed by atoms with van der Waals surface area (Å²) in [5.74, 6) is 1.94. The molecule has 2 heteroatoms. The van der Waals surface area contributed by atoms with E-state index in [2.05, 4.69) is 44.2 Å². The molecule has 3 aromatic rings. The summed E-state index contributed by atoms with van der Waals surface area (Å²) >= 11 is 0. The summed E-state index contributed by atoms with van der Waals surface area (Å²) in [4.78, 5) is 0. The number of ether oxygens (including phenoxy) is 1. The van der Waals surface area contributed by atoms with E-state index in [4.69, 9.17) is 9.15 Å². The molecule has 2 aromatic carbocycles. The molecule has 2 aliphatic rings. The second-order valence-electron chi connectivity index (χ2n) is 6.60. The monoisotopic (exact) mass is 302 g/mol. The highest BCUT2D eigenvalue weighted by Crippen LogP contribution is 2.52. The molecule has 23 heavy (non-hydrogen) atoms. The van der Waals surface area contributed by atoms with Crippen LogP contribution < -0.4 is 0 Å². The highest BCUT2D eigenvalue weighted by Gasteiger charge is 2.43. The van der Waals surface area contributed by atoms with Gasteiger partial charge < -0.3 is 9.15 Å². The van der Waals surface area contributed by atoms with Gasteiger partial charge in [0.05, 0.1) is 6.10 Å². The van der Waals surface area contributed by atoms with E-state index >= 15 is 0 Å². The van der Waals surface area contributed by atoms with Gasteiger partial charge in [-0.1, -0.05) is 42.5 Å². The highest BCUT2D eigenvalue weighted by atomic mass is 16.5. The number of aryl methyl sites for hydroxylation is 2. The van der Waals surface area contributed by atoms with E-state index in [0.29, 0.717) is 0 Å². The van der Waals surface area contributed by atoms with Gasteiger partial charge in [0.2, 0.25) is 0 Å². The van der Waals surface area contributed by atoms with E-state index in [0.717, 1.165) is 23.5 Å². The Morgan fingerprint density at radius 3 is 2.43 bits per heavy atom. The zero-order valence-electron chi connectivity index (χ0n) is 13.3. The lowest BCUT2D eigenvalue weighted by atomic mass is 9.94. The fourth-order valence-electron chi connectivity index (χ4n) is 4.04. The van der Waals surface area contributed by atoms with Crippen LogP contribution in [-0.2, 0) is 11.2 Å². The summed E-state index contributed by atoms with van der Waals surface area (Å²) in [6.07, 6.45) is 1.03. The number of hydrogen-bond donors (Lipinski definition) is 0. The predicted octanol–water partition coefficient (Wildman–Crippen LogP) is 5.28. The Morgan fingerprint density at radius 1 is 0.913 bits per heavy atom. The van der Waals surface area contributed by atoms with E-state index in [1.165, 1.54) is 27.8 Å². The normalized spacial score (nSPS) is 21.1. The van der Waals surface area contributed by atoms with Crippen molar-refractivity contribution in [3.05, 3.63) is 82.1 Å². The van der Waals surface area contributed by atoms with Crippen molar-refractivity contribution in [2.24, 2.45) is 0 Å². The first-order valence-electron chi connectivity index (χ1n) is 8.16. The van der Waals surface area contributed by atoms with Crippen molar-refractivity contribution in [3.8, 4) is 11.3 Å². The lowest BCUT2D eigenvalue weighted by molar-refractivity contribution is 0.00879. The highest BCUT2D eigenvalue weighted by molar-refractivity contribution is 5.61. The lowest BCUT2D eigenvalue weighted by Crippen LogP contribution is -2.11. The molecule has 2 aliphatic heterocycles. The molecule has 2 nitrogen and oxygen atoms in total. The minimum Gasteiger partial charge on any atom is -0.458 e. The summed E-state index contributed by atoms with van der Waals surface area (Å²) in [7, 11) is 0. The van der Waals surface area contributed by atoms with Crippen LogP contribution in [0.3, 0.4) is 0 Å². The third-order valence-electron chi connectivity index (χ3n) is 5.15. The van der Waals surface area contributed by atoms with Gasteiger partial charge in [-0.15, -0.1) is 0 Å². The first-order chi connectivity index (χ1) is 11.2. The van der Waals surface area contributed by atoms with E-state index < -0.39 is 0 Å². The maximum atomic E-state index is 6.31. The zero-order valence-corrected chi connectivity index (χ0v) is 13.3. The average Bonchev–Trinajstić information content (AvgIpc) is 3.14. The molecule has 0 saturated carbocycles. The third kappa shape index (κ3) is 1.79. The molecule has 2 bridgehead atoms. The molecule has 2 atom stereocenters. The van der Waals surface area contributed by atoms with Crippen molar-refractivity contribution >= 4 is 0 Å². The Bertz CT molecular complexity index is 905. The van der Waals surface area contributed by atoms with Crippen molar-refractivity contribution in [1.82, 2.24) is 0 Å². The Labute approximate surface area is 135 Å². The number of rotatable bonds is 1. The van der Waals surface area contributed by atoms with Gasteiger partial charge in [0.15, 0.2) is 0 Å². The van der Waals surface area contributed by atoms with Gasteiger partial charge in [-0.3, -0.25) is 0 Å². The molecule has 114 valence electrons. The largest absolute Gasteiger partial charge is 0.458 e. The first-order valence-corrected chi connectivity index (χ1v) is 8.16. The number of hydrogen-bond acceptors (Lipinski definition) is 2. The molecule has 0 N–H and O–H groups in total. The Hall–Kier alpha value is -2.32. The van der Waals surface area contributed by atoms with Crippen molar-refractivity contribution in [2.45, 2.75) is 32.5 Å². The third-order valence-corrected chi connectivity index (χ3v) is 5.15. The van der Waals surface area contributed by atoms with Crippen LogP contribution in [0, 0.1) is 13.8 Å². The fraction of sp³-hybridized carbons (Fsp3) is 0.238. The van der Waals surface area contributed by atoms with Crippen LogP contribution in [0.2, 0.25) is 0 Å². The molecular weight excluding hydrogens is 284 g/mol. The smallest absolute Gasteiger partial charge is 0.142 e. The van der Waals surface area contributed by atoms with Gasteiger partial charge >= 0.3 is 0 Å². The lowest BCUT2D eigenvalue weighted by Gasteiger charge is -2.20. The van der Waals surface area contributed by atoms with Crippen LogP contribution in [0.1, 0.15) is 45.8 Å². The molecule has 0 aliphatic carbocycles. The molecular formula is C21H18O2. The summed E-state index contributed by atoms with van der Waals surface area (Å²) in [6, 6.07) is 16.9. The first kappa shape index (κ1) is 13.1. The van der Waals surface area contributed by atoms with Gasteiger partial charge in [-0.05, 0) is 42.2 Å². The Balaban J connectivity index is 1.68. The molecule has 1 aromatic heterocycles. The van der Waals surface area contributed by atoms with E-state index in [-0.39, 0.29) is 12.2 Å². The van der Waals surface area contributed by atoms with Gasteiger partial charge in [-0.25, -0.2) is 0 Å². The molecule has 0 amide bonds. The second-order valence-corrected chi connectivity index (χ2v) is 6.60. The maximum absolute atomic E-state index is 6.31. The SMILES string of the molecule is Cc1ccc(C)c2c1C1Cc3cc(-c4ccccc4)oc3C2O1. The Morgan fingerprint density at radius 2 is 1.65 bits per heavy atom. The quantitative estimate of drug-likeness (QED) is 0.610. The van der Waals surface area contributed by atoms with Crippen LogP contribution >= 0.6 is 0 Å². The van der Waals surface area contributed by atoms with Crippen LogP contribution in [0.4, 0.5) is 0 Å². The Kier molecular flexibility index (Phi) is 2.62. The number of furan rings is 1. The van der Waals surface area contributed by atoms with Crippen molar-refractivity contribution in [2.75, 3.05) is 0 Å². The summed E-state index contributed by atoms with van der Waals surface area (Å²) in [6.45, 7) is 4.35. The van der Waals surface area contributed by atoms with Crippen LogP contribution in [0.25, 0.3) is 11.3 Å². The van der Waals surface area contributed by atoms with Crippen LogP contribution in [0.5, 0.6) is 0 Å². The average molecular weight is 302 g/mol. The molecule has 5 rings (SSSR count). The number of benzene rings is 2. The predicted molar refractivity (Wildman–Crippen MR) is 89.4 cm³/mol. The summed E-state index contributed by atoms with van der Waals surface area (Å²) < 4.78 is 12.6. The summed E-state index contributed by atoms with van der Waals surface area (Å²) in [5, 5.41) is 0. The molecule has 2 unspecified atom stereocenters. The molecule has 0 saturated heterocycles. The topological polar surface area (TPSA) is 22.4 Å². The maximum Gasteiger partial charge on any atom is 0.142 e. The van der Waals surface area contributed by atoms with Gasteiger partial charge in [0.1, 0.15) is 17.6 Å². The van der Waals surface area contributed by atoms with Crippen molar-refractivity contribution in [3.63, 3.8) is 0 Å². The molecule has 0 spiro atoms. The van der Waals surface area contributed by atoms with E-state index in [9.17, 15) is 0 Å². The fourth-order valence-corrected chi connectivity index (χ4v) is 4.04. The molecule has 0 fully saturated rings. The van der Waals surface area contributed by atoms with E-state index in [1.54, 1.807) is 0 Å². The summed E-state index contributed by atoms with van der Waals surface area (Å²) in [5.41, 5.74) is 7.74. The standard InChI is InChI=1S/C21H18O2/c1-12-8-9-13(2)19-18(12)17-11-15-10-16(14-6-4-3-5-7-14)22-20(15)21(19)23-17/h3-10,17,21H,11H2,1-2H3. The minimum absolute atomic E-state index is 0.0453. The van der Waals surface area contributed by atoms with Crippen LogP contribution in [0.15, 0.2) is 52.9 Å². The van der Waals surface area contributed by atoms with Crippen molar-refractivity contribution < 1.29 is 9.15 Å². The van der Waals surface area contributed by atoms with Crippen LogP contribution in [-0.4, -0.2) is 0 Å². The number of fused-ring (bicyclic) bond motifs is 7. The van der Waals surface area contributed by atoms with Gasteiger partial charge in [-0.2, -0.15) is 0 Å². The minimum atomic E-state index is -0.0453. The van der Waals surface area contributed by atoms with Crippen molar-refractivity contribution in [1.29, 1.82) is 0 Å². The molecule has 3 heterocycles. The van der Waals surface area contributed by atoms with Gasteiger partial charge in [0, 0.05) is 17.5 Å². The second kappa shape index (κ2) is 4.59. The van der Waals surface area contributed by atoms with Gasteiger partial charge in [0.25, 0.3) is 0 Å².